The first-order chi connectivity index (χ1) is 16.4. The highest BCUT2D eigenvalue weighted by Crippen LogP contribution is 2.31. The Morgan fingerprint density at radius 2 is 1.91 bits per heavy atom. The summed E-state index contributed by atoms with van der Waals surface area (Å²) >= 11 is 1.15. The normalized spacial score (nSPS) is 11.6. The molecule has 174 valence electrons. The number of methoxy groups -OCH3 is 1. The second-order valence-electron chi connectivity index (χ2n) is 7.63. The third-order valence-electron chi connectivity index (χ3n) is 5.29. The van der Waals surface area contributed by atoms with E-state index >= 15 is 0 Å². The molecule has 0 saturated heterocycles. The number of ether oxygens (including phenoxy) is 1. The van der Waals surface area contributed by atoms with Crippen molar-refractivity contribution in [1.82, 2.24) is 14.9 Å². The molecule has 1 atom stereocenters. The lowest BCUT2D eigenvalue weighted by atomic mass is 10.0. The molecular formula is C25H23FN4O3S. The number of nitrogens with zero attached hydrogens (tertiary/aromatic N) is 2. The maximum atomic E-state index is 13.5. The summed E-state index contributed by atoms with van der Waals surface area (Å²) in [5.41, 5.74) is 1.67. The summed E-state index contributed by atoms with van der Waals surface area (Å²) in [5.74, 6) is 0.0143. The Balaban J connectivity index is 1.60. The Labute approximate surface area is 200 Å². The van der Waals surface area contributed by atoms with E-state index < -0.39 is 17.8 Å². The highest BCUT2D eigenvalue weighted by Gasteiger charge is 2.26. The van der Waals surface area contributed by atoms with Gasteiger partial charge in [0.1, 0.15) is 23.4 Å². The van der Waals surface area contributed by atoms with Crippen molar-refractivity contribution in [2.45, 2.75) is 13.0 Å². The summed E-state index contributed by atoms with van der Waals surface area (Å²) in [6, 6.07) is 14.0. The van der Waals surface area contributed by atoms with Gasteiger partial charge in [0.2, 0.25) is 0 Å². The topological polar surface area (TPSA) is 85.2 Å². The van der Waals surface area contributed by atoms with E-state index in [1.54, 1.807) is 32.5 Å². The molecule has 0 spiro atoms. The van der Waals surface area contributed by atoms with Crippen LogP contribution in [0.4, 0.5) is 9.39 Å². The van der Waals surface area contributed by atoms with E-state index in [9.17, 15) is 14.0 Å². The monoisotopic (exact) mass is 478 g/mol. The number of carbonyl (C=O) groups is 2. The fraction of sp³-hybridized carbons (Fsp3) is 0.160. The van der Waals surface area contributed by atoms with Gasteiger partial charge in [-0.1, -0.05) is 24.3 Å². The molecule has 9 heteroatoms. The second kappa shape index (κ2) is 9.88. The third kappa shape index (κ3) is 4.84. The van der Waals surface area contributed by atoms with Crippen LogP contribution < -0.4 is 15.4 Å². The zero-order valence-corrected chi connectivity index (χ0v) is 19.7. The predicted molar refractivity (Wildman–Crippen MR) is 129 cm³/mol. The number of thiophene rings is 1. The quantitative estimate of drug-likeness (QED) is 0.403. The van der Waals surface area contributed by atoms with E-state index in [1.807, 2.05) is 35.9 Å². The van der Waals surface area contributed by atoms with Gasteiger partial charge in [0.05, 0.1) is 17.0 Å². The van der Waals surface area contributed by atoms with Gasteiger partial charge in [-0.3, -0.25) is 9.59 Å². The average molecular weight is 479 g/mol. The molecule has 2 aromatic heterocycles. The van der Waals surface area contributed by atoms with Crippen molar-refractivity contribution in [3.63, 3.8) is 0 Å². The lowest BCUT2D eigenvalue weighted by molar-refractivity contribution is 0.0943. The standard InChI is InChI=1S/C25H23FN4O3S/c1-15-13-20(28-24(31)16-7-6-8-17(26)14-16)34-22(15)25(32)29-21(23-27-11-12-30(23)2)18-9-4-5-10-19(18)33-3/h4-14,21H,1-3H3,(H,28,31)(H,29,32). The lowest BCUT2D eigenvalue weighted by Crippen LogP contribution is -2.31. The van der Waals surface area contributed by atoms with Crippen molar-refractivity contribution in [1.29, 1.82) is 0 Å². The highest BCUT2D eigenvalue weighted by atomic mass is 32.1. The molecule has 0 saturated carbocycles. The van der Waals surface area contributed by atoms with E-state index in [0.717, 1.165) is 23.0 Å². The van der Waals surface area contributed by atoms with E-state index in [4.69, 9.17) is 4.74 Å². The summed E-state index contributed by atoms with van der Waals surface area (Å²) < 4.78 is 20.8. The van der Waals surface area contributed by atoms with Gasteiger partial charge in [-0.25, -0.2) is 9.37 Å². The van der Waals surface area contributed by atoms with Crippen LogP contribution in [0.15, 0.2) is 67.0 Å². The van der Waals surface area contributed by atoms with Gasteiger partial charge in [-0.15, -0.1) is 11.3 Å². The number of carbonyl (C=O) groups excluding carboxylic acids is 2. The molecule has 7 nitrogen and oxygen atoms in total. The largest absolute Gasteiger partial charge is 0.496 e. The number of nitrogens with one attached hydrogen (secondary N) is 2. The van der Waals surface area contributed by atoms with Gasteiger partial charge in [0, 0.05) is 30.6 Å². The third-order valence-corrected chi connectivity index (χ3v) is 6.44. The van der Waals surface area contributed by atoms with Crippen LogP contribution in [-0.2, 0) is 7.05 Å². The zero-order chi connectivity index (χ0) is 24.2. The molecule has 2 heterocycles. The molecule has 0 aliphatic rings. The van der Waals surface area contributed by atoms with E-state index in [0.29, 0.717) is 27.0 Å². The Kier molecular flexibility index (Phi) is 6.74. The number of hydrogen-bond acceptors (Lipinski definition) is 5. The second-order valence-corrected chi connectivity index (χ2v) is 8.68. The summed E-state index contributed by atoms with van der Waals surface area (Å²) in [5, 5.41) is 6.29. The number of rotatable bonds is 7. The summed E-state index contributed by atoms with van der Waals surface area (Å²) in [4.78, 5) is 30.7. The van der Waals surface area contributed by atoms with Crippen molar-refractivity contribution in [3.05, 3.63) is 100 Å². The fourth-order valence-electron chi connectivity index (χ4n) is 3.62. The molecule has 4 rings (SSSR count). The Hall–Kier alpha value is -3.98. The SMILES string of the molecule is COc1ccccc1C(NC(=O)c1sc(NC(=O)c2cccc(F)c2)cc1C)c1nccn1C. The molecule has 4 aromatic rings. The van der Waals surface area contributed by atoms with E-state index in [-0.39, 0.29) is 11.5 Å². The smallest absolute Gasteiger partial charge is 0.262 e. The fourth-order valence-corrected chi connectivity index (χ4v) is 4.59. The first-order valence-electron chi connectivity index (χ1n) is 10.5. The molecule has 0 aliphatic carbocycles. The zero-order valence-electron chi connectivity index (χ0n) is 18.8. The predicted octanol–water partition coefficient (Wildman–Crippen LogP) is 4.71. The molecule has 2 aromatic carbocycles. The van der Waals surface area contributed by atoms with Gasteiger partial charge in [-0.2, -0.15) is 0 Å². The first-order valence-corrected chi connectivity index (χ1v) is 11.3. The van der Waals surface area contributed by atoms with Gasteiger partial charge < -0.3 is 19.9 Å². The van der Waals surface area contributed by atoms with Crippen molar-refractivity contribution < 1.29 is 18.7 Å². The maximum absolute atomic E-state index is 13.5. The number of halogens is 1. The van der Waals surface area contributed by atoms with Crippen molar-refractivity contribution >= 4 is 28.2 Å². The van der Waals surface area contributed by atoms with Crippen LogP contribution >= 0.6 is 11.3 Å². The highest BCUT2D eigenvalue weighted by molar-refractivity contribution is 7.18. The molecular weight excluding hydrogens is 455 g/mol. The van der Waals surface area contributed by atoms with Crippen LogP contribution in [0.1, 0.15) is 43.0 Å². The number of aryl methyl sites for hydroxylation is 2. The molecule has 34 heavy (non-hydrogen) atoms. The molecule has 0 bridgehead atoms. The summed E-state index contributed by atoms with van der Waals surface area (Å²) in [7, 11) is 3.43. The molecule has 0 radical (unpaired) electrons. The summed E-state index contributed by atoms with van der Waals surface area (Å²) in [6.45, 7) is 1.79. The Bertz CT molecular complexity index is 1350. The van der Waals surface area contributed by atoms with Crippen LogP contribution in [-0.4, -0.2) is 28.5 Å². The van der Waals surface area contributed by atoms with Gasteiger partial charge in [-0.05, 0) is 42.8 Å². The first kappa shape index (κ1) is 23.2. The lowest BCUT2D eigenvalue weighted by Gasteiger charge is -2.21. The van der Waals surface area contributed by atoms with Crippen LogP contribution in [0.2, 0.25) is 0 Å². The minimum atomic E-state index is -0.560. The van der Waals surface area contributed by atoms with Gasteiger partial charge >= 0.3 is 0 Å². The van der Waals surface area contributed by atoms with Crippen LogP contribution in [0.25, 0.3) is 0 Å². The number of hydrogen-bond donors (Lipinski definition) is 2. The average Bonchev–Trinajstić information content (AvgIpc) is 3.42. The van der Waals surface area contributed by atoms with Crippen LogP contribution in [0.3, 0.4) is 0 Å². The van der Waals surface area contributed by atoms with Crippen LogP contribution in [0, 0.1) is 12.7 Å². The molecule has 0 aliphatic heterocycles. The number of aromatic nitrogens is 2. The van der Waals surface area contributed by atoms with Gasteiger partial charge in [0.25, 0.3) is 11.8 Å². The molecule has 2 amide bonds. The molecule has 0 fully saturated rings. The minimum Gasteiger partial charge on any atom is -0.496 e. The number of anilines is 1. The molecule has 1 unspecified atom stereocenters. The minimum absolute atomic E-state index is 0.197. The number of imidazole rings is 1. The Morgan fingerprint density at radius 3 is 2.62 bits per heavy atom. The number of para-hydroxylation sites is 1. The summed E-state index contributed by atoms with van der Waals surface area (Å²) in [6.07, 6.45) is 3.47. The van der Waals surface area contributed by atoms with Crippen molar-refractivity contribution in [3.8, 4) is 5.75 Å². The maximum Gasteiger partial charge on any atom is 0.262 e. The van der Waals surface area contributed by atoms with E-state index in [1.165, 1.54) is 18.2 Å². The van der Waals surface area contributed by atoms with E-state index in [2.05, 4.69) is 15.6 Å². The van der Waals surface area contributed by atoms with Crippen molar-refractivity contribution in [2.75, 3.05) is 12.4 Å². The van der Waals surface area contributed by atoms with Crippen LogP contribution in [0.5, 0.6) is 5.75 Å². The number of amides is 2. The molecule has 2 N–H and O–H groups in total. The van der Waals surface area contributed by atoms with Gasteiger partial charge in [0.15, 0.2) is 0 Å². The van der Waals surface area contributed by atoms with Crippen molar-refractivity contribution in [2.24, 2.45) is 7.05 Å². The number of benzene rings is 2. The Morgan fingerprint density at radius 1 is 1.12 bits per heavy atom.